The number of amides is 1. The van der Waals surface area contributed by atoms with E-state index >= 15 is 0 Å². The number of carbonyl (C=O) groups is 1. The van der Waals surface area contributed by atoms with Crippen LogP contribution in [0.1, 0.15) is 10.4 Å². The summed E-state index contributed by atoms with van der Waals surface area (Å²) in [4.78, 5) is 11.4. The van der Waals surface area contributed by atoms with Crippen molar-refractivity contribution >= 4 is 15.9 Å². The summed E-state index contributed by atoms with van der Waals surface area (Å²) < 4.78 is 42.8. The first-order valence-corrected chi connectivity index (χ1v) is 10.2. The molecule has 1 heterocycles. The van der Waals surface area contributed by atoms with Crippen molar-refractivity contribution in [2.45, 2.75) is 4.90 Å². The van der Waals surface area contributed by atoms with E-state index in [2.05, 4.69) is 0 Å². The van der Waals surface area contributed by atoms with E-state index in [-0.39, 0.29) is 18.1 Å². The molecule has 0 radical (unpaired) electrons. The maximum absolute atomic E-state index is 12.6. The van der Waals surface area contributed by atoms with Gasteiger partial charge in [0.2, 0.25) is 15.9 Å². The molecule has 1 amide bonds. The van der Waals surface area contributed by atoms with Crippen LogP contribution in [-0.2, 0) is 14.8 Å². The Hall–Kier alpha value is -2.62. The van der Waals surface area contributed by atoms with Crippen molar-refractivity contribution < 1.29 is 27.4 Å². The topological polar surface area (TPSA) is 108 Å². The lowest BCUT2D eigenvalue weighted by molar-refractivity contribution is 0.0730. The van der Waals surface area contributed by atoms with Crippen LogP contribution in [0, 0.1) is 0 Å². The summed E-state index contributed by atoms with van der Waals surface area (Å²) in [6, 6.07) is 12.9. The number of ether oxygens (including phenoxy) is 3. The zero-order valence-electron chi connectivity index (χ0n) is 15.2. The Bertz CT molecular complexity index is 908. The Balaban J connectivity index is 1.51. The van der Waals surface area contributed by atoms with Gasteiger partial charge in [-0.2, -0.15) is 4.31 Å². The summed E-state index contributed by atoms with van der Waals surface area (Å²) in [6.07, 6.45) is 0. The number of primary amides is 1. The van der Waals surface area contributed by atoms with Gasteiger partial charge in [0.1, 0.15) is 24.7 Å². The fraction of sp³-hybridized carbons (Fsp3) is 0.316. The third kappa shape index (κ3) is 5.00. The highest BCUT2D eigenvalue weighted by Crippen LogP contribution is 2.20. The fourth-order valence-corrected chi connectivity index (χ4v) is 4.11. The molecule has 1 saturated heterocycles. The molecule has 2 aromatic carbocycles. The first kappa shape index (κ1) is 20.1. The second-order valence-electron chi connectivity index (χ2n) is 6.08. The summed E-state index contributed by atoms with van der Waals surface area (Å²) in [5, 5.41) is 0. The first-order chi connectivity index (χ1) is 13.5. The Morgan fingerprint density at radius 2 is 1.64 bits per heavy atom. The highest BCUT2D eigenvalue weighted by atomic mass is 32.2. The van der Waals surface area contributed by atoms with Crippen LogP contribution >= 0.6 is 0 Å². The van der Waals surface area contributed by atoms with Crippen LogP contribution in [0.3, 0.4) is 0 Å². The maximum Gasteiger partial charge on any atom is 0.248 e. The second kappa shape index (κ2) is 9.05. The SMILES string of the molecule is NC(=O)c1cccc(OCCOc2ccc(S(=O)(=O)N3CCOCC3)cc2)c1. The van der Waals surface area contributed by atoms with E-state index in [0.717, 1.165) is 0 Å². The molecule has 3 rings (SSSR count). The van der Waals surface area contributed by atoms with Gasteiger partial charge < -0.3 is 19.9 Å². The lowest BCUT2D eigenvalue weighted by atomic mass is 10.2. The van der Waals surface area contributed by atoms with Crippen LogP contribution in [0.15, 0.2) is 53.4 Å². The highest BCUT2D eigenvalue weighted by Gasteiger charge is 2.26. The molecule has 0 aromatic heterocycles. The van der Waals surface area contributed by atoms with Gasteiger partial charge in [-0.25, -0.2) is 8.42 Å². The van der Waals surface area contributed by atoms with Gasteiger partial charge in [-0.3, -0.25) is 4.79 Å². The lowest BCUT2D eigenvalue weighted by Gasteiger charge is -2.26. The lowest BCUT2D eigenvalue weighted by Crippen LogP contribution is -2.40. The first-order valence-electron chi connectivity index (χ1n) is 8.80. The predicted octanol–water partition coefficient (Wildman–Crippen LogP) is 1.26. The summed E-state index contributed by atoms with van der Waals surface area (Å²) in [5.74, 6) is 0.538. The van der Waals surface area contributed by atoms with Crippen molar-refractivity contribution in [2.24, 2.45) is 5.73 Å². The van der Waals surface area contributed by atoms with Gasteiger partial charge in [0.25, 0.3) is 0 Å². The Morgan fingerprint density at radius 3 is 2.29 bits per heavy atom. The van der Waals surface area contributed by atoms with E-state index in [4.69, 9.17) is 19.9 Å². The largest absolute Gasteiger partial charge is 0.490 e. The van der Waals surface area contributed by atoms with Gasteiger partial charge in [-0.15, -0.1) is 0 Å². The van der Waals surface area contributed by atoms with Gasteiger partial charge in [0.05, 0.1) is 18.1 Å². The smallest absolute Gasteiger partial charge is 0.248 e. The standard InChI is InChI=1S/C19H22N2O6S/c20-19(22)15-2-1-3-17(14-15)27-13-12-26-16-4-6-18(7-5-16)28(23,24)21-8-10-25-11-9-21/h1-7,14H,8-13H2,(H2,20,22). The zero-order valence-corrected chi connectivity index (χ0v) is 16.1. The highest BCUT2D eigenvalue weighted by molar-refractivity contribution is 7.89. The van der Waals surface area contributed by atoms with Crippen molar-refractivity contribution in [1.82, 2.24) is 4.31 Å². The average molecular weight is 406 g/mol. The molecule has 0 unspecified atom stereocenters. The molecule has 0 atom stereocenters. The van der Waals surface area contributed by atoms with Crippen LogP contribution < -0.4 is 15.2 Å². The molecule has 28 heavy (non-hydrogen) atoms. The van der Waals surface area contributed by atoms with Gasteiger partial charge in [0.15, 0.2) is 0 Å². The molecular weight excluding hydrogens is 384 g/mol. The van der Waals surface area contributed by atoms with Crippen molar-refractivity contribution in [1.29, 1.82) is 0 Å². The third-order valence-electron chi connectivity index (χ3n) is 4.17. The van der Waals surface area contributed by atoms with Crippen LogP contribution in [0.4, 0.5) is 0 Å². The van der Waals surface area contributed by atoms with E-state index < -0.39 is 15.9 Å². The minimum Gasteiger partial charge on any atom is -0.490 e. The molecule has 0 aliphatic carbocycles. The van der Waals surface area contributed by atoms with Gasteiger partial charge in [-0.1, -0.05) is 6.07 Å². The Morgan fingerprint density at radius 1 is 1.00 bits per heavy atom. The van der Waals surface area contributed by atoms with Crippen molar-refractivity contribution in [3.63, 3.8) is 0 Å². The summed E-state index contributed by atoms with van der Waals surface area (Å²) in [7, 11) is -3.52. The molecule has 8 nitrogen and oxygen atoms in total. The van der Waals surface area contributed by atoms with E-state index in [0.29, 0.717) is 43.4 Å². The van der Waals surface area contributed by atoms with Crippen LogP contribution in [0.5, 0.6) is 11.5 Å². The fourth-order valence-electron chi connectivity index (χ4n) is 2.70. The van der Waals surface area contributed by atoms with E-state index in [1.807, 2.05) is 0 Å². The molecule has 2 aromatic rings. The molecule has 0 bridgehead atoms. The number of morpholine rings is 1. The number of carbonyl (C=O) groups excluding carboxylic acids is 1. The summed E-state index contributed by atoms with van der Waals surface area (Å²) in [6.45, 7) is 2.04. The monoisotopic (exact) mass is 406 g/mol. The second-order valence-corrected chi connectivity index (χ2v) is 8.01. The van der Waals surface area contributed by atoms with E-state index in [1.54, 1.807) is 36.4 Å². The number of rotatable bonds is 8. The molecule has 0 saturated carbocycles. The molecule has 1 aliphatic rings. The molecule has 9 heteroatoms. The van der Waals surface area contributed by atoms with E-state index in [1.165, 1.54) is 16.4 Å². The number of sulfonamides is 1. The zero-order chi connectivity index (χ0) is 20.0. The van der Waals surface area contributed by atoms with Gasteiger partial charge in [0, 0.05) is 18.7 Å². The maximum atomic E-state index is 12.6. The van der Waals surface area contributed by atoms with E-state index in [9.17, 15) is 13.2 Å². The van der Waals surface area contributed by atoms with Crippen molar-refractivity contribution in [3.05, 3.63) is 54.1 Å². The Labute approximate surface area is 163 Å². The number of nitrogens with two attached hydrogens (primary N) is 1. The summed E-state index contributed by atoms with van der Waals surface area (Å²) in [5.41, 5.74) is 5.60. The Kier molecular flexibility index (Phi) is 6.50. The normalized spacial score (nSPS) is 15.1. The third-order valence-corrected chi connectivity index (χ3v) is 6.08. The predicted molar refractivity (Wildman–Crippen MR) is 102 cm³/mol. The van der Waals surface area contributed by atoms with Crippen LogP contribution in [0.25, 0.3) is 0 Å². The molecule has 0 spiro atoms. The van der Waals surface area contributed by atoms with Crippen LogP contribution in [0.2, 0.25) is 0 Å². The molecule has 1 fully saturated rings. The number of nitrogens with zero attached hydrogens (tertiary/aromatic N) is 1. The molecule has 2 N–H and O–H groups in total. The summed E-state index contributed by atoms with van der Waals surface area (Å²) >= 11 is 0. The van der Waals surface area contributed by atoms with Crippen LogP contribution in [-0.4, -0.2) is 58.1 Å². The number of hydrogen-bond donors (Lipinski definition) is 1. The number of hydrogen-bond acceptors (Lipinski definition) is 6. The minimum atomic E-state index is -3.52. The minimum absolute atomic E-state index is 0.223. The molecule has 1 aliphatic heterocycles. The van der Waals surface area contributed by atoms with Crippen molar-refractivity contribution in [3.8, 4) is 11.5 Å². The quantitative estimate of drug-likeness (QED) is 0.662. The molecular formula is C19H22N2O6S. The molecule has 150 valence electrons. The average Bonchev–Trinajstić information content (AvgIpc) is 2.72. The van der Waals surface area contributed by atoms with Gasteiger partial charge >= 0.3 is 0 Å². The number of benzene rings is 2. The van der Waals surface area contributed by atoms with Crippen molar-refractivity contribution in [2.75, 3.05) is 39.5 Å². The van der Waals surface area contributed by atoms with Gasteiger partial charge in [-0.05, 0) is 42.5 Å².